The molecule has 0 aliphatic rings. The maximum Gasteiger partial charge on any atom is 0.183 e. The van der Waals surface area contributed by atoms with Crippen LogP contribution in [0.3, 0.4) is 0 Å². The first-order valence-electron chi connectivity index (χ1n) is 3.98. The molecule has 0 atom stereocenters. The quantitative estimate of drug-likeness (QED) is 0.689. The van der Waals surface area contributed by atoms with Gasteiger partial charge in [-0.2, -0.15) is 5.10 Å². The van der Waals surface area contributed by atoms with Crippen LogP contribution in [0.2, 0.25) is 0 Å². The number of hydrogen-bond donors (Lipinski definition) is 1. The predicted octanol–water partition coefficient (Wildman–Crippen LogP) is 0.496. The third kappa shape index (κ3) is 1.18. The van der Waals surface area contributed by atoms with Crippen LogP contribution >= 0.6 is 0 Å². The van der Waals surface area contributed by atoms with Crippen molar-refractivity contribution in [3.05, 3.63) is 24.4 Å². The smallest absolute Gasteiger partial charge is 0.183 e. The van der Waals surface area contributed by atoms with Crippen LogP contribution < -0.4 is 5.73 Å². The zero-order chi connectivity index (χ0) is 9.42. The summed E-state index contributed by atoms with van der Waals surface area (Å²) < 4.78 is 3.54. The topological polar surface area (TPSA) is 61.7 Å². The van der Waals surface area contributed by atoms with Gasteiger partial charge in [0.15, 0.2) is 5.82 Å². The van der Waals surface area contributed by atoms with Crippen molar-refractivity contribution < 1.29 is 0 Å². The van der Waals surface area contributed by atoms with E-state index in [1.807, 2.05) is 24.7 Å². The number of nitrogens with zero attached hydrogens (tertiary/aromatic N) is 4. The largest absolute Gasteiger partial charge is 0.394 e. The van der Waals surface area contributed by atoms with Crippen LogP contribution in [0.15, 0.2) is 18.6 Å². The molecule has 2 heterocycles. The zero-order valence-corrected chi connectivity index (χ0v) is 7.60. The summed E-state index contributed by atoms with van der Waals surface area (Å²) in [7, 11) is 1.84. The van der Waals surface area contributed by atoms with Crippen molar-refractivity contribution in [2.75, 3.05) is 5.73 Å². The van der Waals surface area contributed by atoms with E-state index in [-0.39, 0.29) is 0 Å². The van der Waals surface area contributed by atoms with Crippen molar-refractivity contribution in [3.63, 3.8) is 0 Å². The van der Waals surface area contributed by atoms with Crippen LogP contribution in [-0.4, -0.2) is 19.3 Å². The molecule has 0 amide bonds. The first-order chi connectivity index (χ1) is 6.18. The minimum absolute atomic E-state index is 0.656. The Morgan fingerprint density at radius 3 is 2.69 bits per heavy atom. The second-order valence-electron chi connectivity index (χ2n) is 2.93. The normalized spacial score (nSPS) is 10.6. The number of rotatable bonds is 1. The van der Waals surface area contributed by atoms with E-state index in [2.05, 4.69) is 10.1 Å². The van der Waals surface area contributed by atoms with E-state index < -0.39 is 0 Å². The average Bonchev–Trinajstić information content (AvgIpc) is 2.58. The monoisotopic (exact) mass is 177 g/mol. The summed E-state index contributed by atoms with van der Waals surface area (Å²) in [4.78, 5) is 4.10. The molecule has 0 aliphatic heterocycles. The number of anilines is 1. The first kappa shape index (κ1) is 7.85. The summed E-state index contributed by atoms with van der Waals surface area (Å²) >= 11 is 0. The Kier molecular flexibility index (Phi) is 1.58. The van der Waals surface area contributed by atoms with Gasteiger partial charge in [-0.25, -0.2) is 4.98 Å². The van der Waals surface area contributed by atoms with Crippen LogP contribution in [0, 0.1) is 6.92 Å². The molecule has 2 rings (SSSR count). The lowest BCUT2D eigenvalue weighted by Gasteiger charge is -2.00. The zero-order valence-electron chi connectivity index (χ0n) is 7.60. The van der Waals surface area contributed by atoms with Crippen molar-refractivity contribution in [1.82, 2.24) is 19.3 Å². The highest BCUT2D eigenvalue weighted by molar-refractivity contribution is 5.51. The van der Waals surface area contributed by atoms with Crippen molar-refractivity contribution >= 4 is 5.69 Å². The van der Waals surface area contributed by atoms with Gasteiger partial charge in [0.2, 0.25) is 0 Å². The van der Waals surface area contributed by atoms with Gasteiger partial charge in [-0.15, -0.1) is 0 Å². The summed E-state index contributed by atoms with van der Waals surface area (Å²) in [6.07, 6.45) is 5.34. The number of nitrogens with two attached hydrogens (primary N) is 1. The van der Waals surface area contributed by atoms with Gasteiger partial charge in [-0.1, -0.05) is 0 Å². The van der Waals surface area contributed by atoms with E-state index in [9.17, 15) is 0 Å². The van der Waals surface area contributed by atoms with Gasteiger partial charge in [0.25, 0.3) is 0 Å². The number of nitrogen functional groups attached to an aromatic ring is 1. The van der Waals surface area contributed by atoms with Gasteiger partial charge in [0.1, 0.15) is 5.82 Å². The molecular formula is C8H11N5. The summed E-state index contributed by atoms with van der Waals surface area (Å²) in [5.41, 5.74) is 6.43. The van der Waals surface area contributed by atoms with E-state index in [1.54, 1.807) is 17.1 Å². The molecule has 0 radical (unpaired) electrons. The van der Waals surface area contributed by atoms with Crippen LogP contribution in [0.5, 0.6) is 0 Å². The molecule has 2 aromatic heterocycles. The molecular weight excluding hydrogens is 166 g/mol. The van der Waals surface area contributed by atoms with Crippen LogP contribution in [-0.2, 0) is 7.05 Å². The fourth-order valence-corrected chi connectivity index (χ4v) is 1.28. The first-order valence-corrected chi connectivity index (χ1v) is 3.98. The van der Waals surface area contributed by atoms with Crippen LogP contribution in [0.1, 0.15) is 5.82 Å². The molecule has 5 nitrogen and oxygen atoms in total. The van der Waals surface area contributed by atoms with E-state index in [0.29, 0.717) is 5.69 Å². The summed E-state index contributed by atoms with van der Waals surface area (Å²) in [5, 5.41) is 4.23. The Morgan fingerprint density at radius 2 is 2.23 bits per heavy atom. The Hall–Kier alpha value is -1.78. The second-order valence-corrected chi connectivity index (χ2v) is 2.93. The Bertz CT molecular complexity index is 425. The maximum absolute atomic E-state index is 5.77. The van der Waals surface area contributed by atoms with Gasteiger partial charge >= 0.3 is 0 Å². The molecule has 0 spiro atoms. The van der Waals surface area contributed by atoms with E-state index >= 15 is 0 Å². The fourth-order valence-electron chi connectivity index (χ4n) is 1.28. The molecule has 0 aromatic carbocycles. The Balaban J connectivity index is 2.58. The summed E-state index contributed by atoms with van der Waals surface area (Å²) in [5.74, 6) is 1.61. The fraction of sp³-hybridized carbons (Fsp3) is 0.250. The summed E-state index contributed by atoms with van der Waals surface area (Å²) in [6.45, 7) is 1.91. The maximum atomic E-state index is 5.77. The molecule has 0 aliphatic carbocycles. The van der Waals surface area contributed by atoms with E-state index in [1.165, 1.54) is 0 Å². The molecule has 13 heavy (non-hydrogen) atoms. The van der Waals surface area contributed by atoms with Crippen molar-refractivity contribution in [2.24, 2.45) is 7.05 Å². The molecule has 2 N–H and O–H groups in total. The molecule has 0 unspecified atom stereocenters. The average molecular weight is 177 g/mol. The number of aryl methyl sites for hydroxylation is 2. The summed E-state index contributed by atoms with van der Waals surface area (Å²) in [6, 6.07) is 0. The molecule has 0 fully saturated rings. The van der Waals surface area contributed by atoms with Gasteiger partial charge in [0, 0.05) is 25.6 Å². The number of imidazole rings is 1. The SMILES string of the molecule is Cc1nccn1-c1nn(C)cc1N. The lowest BCUT2D eigenvalue weighted by Crippen LogP contribution is -2.00. The lowest BCUT2D eigenvalue weighted by molar-refractivity contribution is 0.747. The van der Waals surface area contributed by atoms with E-state index in [0.717, 1.165) is 11.6 Å². The highest BCUT2D eigenvalue weighted by Gasteiger charge is 2.07. The third-order valence-electron chi connectivity index (χ3n) is 1.89. The third-order valence-corrected chi connectivity index (χ3v) is 1.89. The number of aromatic nitrogens is 4. The molecule has 0 bridgehead atoms. The van der Waals surface area contributed by atoms with Gasteiger partial charge in [-0.3, -0.25) is 9.25 Å². The second kappa shape index (κ2) is 2.62. The standard InChI is InChI=1S/C8H11N5/c1-6-10-3-4-13(6)8-7(9)5-12(2)11-8/h3-5H,9H2,1-2H3. The molecule has 68 valence electrons. The minimum Gasteiger partial charge on any atom is -0.394 e. The molecule has 5 heteroatoms. The Morgan fingerprint density at radius 1 is 1.46 bits per heavy atom. The van der Waals surface area contributed by atoms with Crippen molar-refractivity contribution in [1.29, 1.82) is 0 Å². The van der Waals surface area contributed by atoms with Crippen molar-refractivity contribution in [3.8, 4) is 5.82 Å². The highest BCUT2D eigenvalue weighted by atomic mass is 15.3. The van der Waals surface area contributed by atoms with Gasteiger partial charge in [-0.05, 0) is 6.92 Å². The minimum atomic E-state index is 0.656. The molecule has 0 saturated heterocycles. The van der Waals surface area contributed by atoms with Gasteiger partial charge < -0.3 is 5.73 Å². The predicted molar refractivity (Wildman–Crippen MR) is 49.5 cm³/mol. The number of hydrogen-bond acceptors (Lipinski definition) is 3. The van der Waals surface area contributed by atoms with E-state index in [4.69, 9.17) is 5.73 Å². The highest BCUT2D eigenvalue weighted by Crippen LogP contribution is 2.14. The molecule has 0 saturated carbocycles. The van der Waals surface area contributed by atoms with Crippen LogP contribution in [0.4, 0.5) is 5.69 Å². The van der Waals surface area contributed by atoms with Crippen molar-refractivity contribution in [2.45, 2.75) is 6.92 Å². The Labute approximate surface area is 75.8 Å². The molecule has 2 aromatic rings. The van der Waals surface area contributed by atoms with Gasteiger partial charge in [0.05, 0.1) is 5.69 Å². The lowest BCUT2D eigenvalue weighted by atomic mass is 10.5. The van der Waals surface area contributed by atoms with Crippen LogP contribution in [0.25, 0.3) is 5.82 Å².